The van der Waals surface area contributed by atoms with Crippen LogP contribution < -0.4 is 0 Å². The molecule has 0 bridgehead atoms. The number of carbonyl (C=O) groups excluding carboxylic acids is 1. The smallest absolute Gasteiger partial charge is 0.303 e. The molecule has 0 unspecified atom stereocenters. The maximum atomic E-state index is 11.0. The van der Waals surface area contributed by atoms with Crippen molar-refractivity contribution in [1.29, 1.82) is 0 Å². The fraction of sp³-hybridized carbons (Fsp3) is 0.750. The second-order valence-corrected chi connectivity index (χ2v) is 3.45. The van der Waals surface area contributed by atoms with Crippen LogP contribution in [0.4, 0.5) is 0 Å². The van der Waals surface area contributed by atoms with Crippen LogP contribution in [-0.4, -0.2) is 23.0 Å². The molecule has 0 amide bonds. The number of aliphatic carboxylic acids is 1. The van der Waals surface area contributed by atoms with Gasteiger partial charge in [-0.15, -0.1) is 0 Å². The van der Waals surface area contributed by atoms with Gasteiger partial charge in [0.25, 0.3) is 0 Å². The highest BCUT2D eigenvalue weighted by atomic mass is 31.1. The van der Waals surface area contributed by atoms with Crippen LogP contribution in [0.1, 0.15) is 32.1 Å². The average molecular weight is 204 g/mol. The fourth-order valence-electron chi connectivity index (χ4n) is 0.870. The maximum absolute atomic E-state index is 11.0. The van der Waals surface area contributed by atoms with Crippen molar-refractivity contribution >= 4 is 20.2 Å². The molecule has 0 saturated carbocycles. The van der Waals surface area contributed by atoms with Gasteiger partial charge in [-0.3, -0.25) is 14.2 Å². The van der Waals surface area contributed by atoms with Crippen molar-refractivity contribution in [3.05, 3.63) is 0 Å². The molecule has 0 aromatic rings. The van der Waals surface area contributed by atoms with E-state index < -0.39 is 5.97 Å². The molecule has 0 aromatic heterocycles. The number of carboxylic acid groups (broad SMARTS) is 1. The first-order valence-corrected chi connectivity index (χ1v) is 5.19. The Bertz CT molecular complexity index is 191. The topological polar surface area (TPSA) is 71.4 Å². The quantitative estimate of drug-likeness (QED) is 0.484. The monoisotopic (exact) mass is 204 g/mol. The largest absolute Gasteiger partial charge is 0.481 e. The molecule has 0 rings (SSSR count). The molecule has 0 fully saturated rings. The van der Waals surface area contributed by atoms with Crippen molar-refractivity contribution in [2.24, 2.45) is 0 Å². The molecule has 74 valence electrons. The van der Waals surface area contributed by atoms with Crippen LogP contribution >= 0.6 is 8.46 Å². The Morgan fingerprint density at radius 2 is 1.77 bits per heavy atom. The SMILES string of the molecule is O=PCCCCC(=O)CCC(=O)O. The molecule has 0 aromatic carbocycles. The Morgan fingerprint density at radius 3 is 2.31 bits per heavy atom. The second kappa shape index (κ2) is 7.87. The number of hydrogen-bond acceptors (Lipinski definition) is 3. The zero-order valence-corrected chi connectivity index (χ0v) is 8.26. The van der Waals surface area contributed by atoms with Gasteiger partial charge in [0, 0.05) is 19.0 Å². The zero-order chi connectivity index (χ0) is 10.1. The summed E-state index contributed by atoms with van der Waals surface area (Å²) in [4.78, 5) is 21.1. The Morgan fingerprint density at radius 1 is 1.08 bits per heavy atom. The van der Waals surface area contributed by atoms with Gasteiger partial charge in [-0.25, -0.2) is 0 Å². The minimum Gasteiger partial charge on any atom is -0.481 e. The van der Waals surface area contributed by atoms with Gasteiger partial charge >= 0.3 is 5.97 Å². The molecule has 0 spiro atoms. The molecule has 0 atom stereocenters. The lowest BCUT2D eigenvalue weighted by Gasteiger charge is -1.96. The van der Waals surface area contributed by atoms with Crippen molar-refractivity contribution in [3.63, 3.8) is 0 Å². The minimum atomic E-state index is -0.938. The van der Waals surface area contributed by atoms with Crippen molar-refractivity contribution in [1.82, 2.24) is 0 Å². The number of hydrogen-bond donors (Lipinski definition) is 1. The molecule has 13 heavy (non-hydrogen) atoms. The molecular weight excluding hydrogens is 191 g/mol. The van der Waals surface area contributed by atoms with E-state index in [2.05, 4.69) is 0 Å². The van der Waals surface area contributed by atoms with Gasteiger partial charge in [0.15, 0.2) is 8.46 Å². The van der Waals surface area contributed by atoms with E-state index in [1.54, 1.807) is 0 Å². The molecule has 4 nitrogen and oxygen atoms in total. The summed E-state index contributed by atoms with van der Waals surface area (Å²) >= 11 is 0. The minimum absolute atomic E-state index is 0.0232. The van der Waals surface area contributed by atoms with E-state index in [1.807, 2.05) is 0 Å². The van der Waals surface area contributed by atoms with Gasteiger partial charge in [-0.1, -0.05) is 0 Å². The van der Waals surface area contributed by atoms with Crippen LogP contribution in [0.3, 0.4) is 0 Å². The van der Waals surface area contributed by atoms with Gasteiger partial charge in [0.2, 0.25) is 0 Å². The number of Topliss-reactive ketones (excluding diaryl/α,β-unsaturated/α-hetero) is 1. The zero-order valence-electron chi connectivity index (χ0n) is 7.36. The number of carbonyl (C=O) groups is 2. The molecule has 0 aliphatic rings. The summed E-state index contributed by atoms with van der Waals surface area (Å²) in [5, 5.41) is 8.28. The van der Waals surface area contributed by atoms with E-state index in [0.29, 0.717) is 19.0 Å². The first kappa shape index (κ1) is 12.2. The van der Waals surface area contributed by atoms with Gasteiger partial charge in [0.05, 0.1) is 6.42 Å². The lowest BCUT2D eigenvalue weighted by molar-refractivity contribution is -0.138. The van der Waals surface area contributed by atoms with E-state index in [0.717, 1.165) is 6.42 Å². The van der Waals surface area contributed by atoms with Crippen molar-refractivity contribution < 1.29 is 19.3 Å². The van der Waals surface area contributed by atoms with Crippen LogP contribution in [0.25, 0.3) is 0 Å². The first-order valence-electron chi connectivity index (χ1n) is 4.19. The van der Waals surface area contributed by atoms with Gasteiger partial charge in [-0.2, -0.15) is 0 Å². The Balaban J connectivity index is 3.30. The highest BCUT2D eigenvalue weighted by Crippen LogP contribution is 2.05. The molecule has 0 saturated heterocycles. The van der Waals surface area contributed by atoms with Crippen molar-refractivity contribution in [2.45, 2.75) is 32.1 Å². The number of rotatable bonds is 8. The van der Waals surface area contributed by atoms with Crippen LogP contribution in [0.5, 0.6) is 0 Å². The van der Waals surface area contributed by atoms with Crippen molar-refractivity contribution in [3.8, 4) is 0 Å². The van der Waals surface area contributed by atoms with Crippen LogP contribution in [0.2, 0.25) is 0 Å². The molecule has 0 heterocycles. The lowest BCUT2D eigenvalue weighted by Crippen LogP contribution is -2.02. The van der Waals surface area contributed by atoms with E-state index in [1.165, 1.54) is 0 Å². The number of carboxylic acids is 1. The highest BCUT2D eigenvalue weighted by molar-refractivity contribution is 7.23. The third-order valence-corrected chi connectivity index (χ3v) is 2.07. The number of ketones is 1. The van der Waals surface area contributed by atoms with E-state index in [4.69, 9.17) is 5.11 Å². The highest BCUT2D eigenvalue weighted by Gasteiger charge is 2.04. The second-order valence-electron chi connectivity index (χ2n) is 2.74. The van der Waals surface area contributed by atoms with E-state index in [-0.39, 0.29) is 27.1 Å². The maximum Gasteiger partial charge on any atom is 0.303 e. The third-order valence-electron chi connectivity index (χ3n) is 1.57. The van der Waals surface area contributed by atoms with Crippen molar-refractivity contribution in [2.75, 3.05) is 6.16 Å². The molecule has 0 radical (unpaired) electrons. The third kappa shape index (κ3) is 9.15. The van der Waals surface area contributed by atoms with Gasteiger partial charge in [0.1, 0.15) is 5.78 Å². The normalized spacial score (nSPS) is 10.2. The summed E-state index contributed by atoms with van der Waals surface area (Å²) in [7, 11) is 0.109. The van der Waals surface area contributed by atoms with Gasteiger partial charge < -0.3 is 5.11 Å². The van der Waals surface area contributed by atoms with E-state index >= 15 is 0 Å². The molecule has 0 aliphatic carbocycles. The summed E-state index contributed by atoms with van der Waals surface area (Å²) in [6, 6.07) is 0. The molecule has 5 heteroatoms. The van der Waals surface area contributed by atoms with Crippen LogP contribution in [0.15, 0.2) is 0 Å². The standard InChI is InChI=1S/C8H13O4P/c9-7(4-5-8(10)11)3-1-2-6-13-12/h1-6H2,(H,10,11). The van der Waals surface area contributed by atoms with E-state index in [9.17, 15) is 14.2 Å². The van der Waals surface area contributed by atoms with Crippen LogP contribution in [-0.2, 0) is 14.2 Å². The summed E-state index contributed by atoms with van der Waals surface area (Å²) in [6.45, 7) is 0. The Kier molecular flexibility index (Phi) is 7.41. The van der Waals surface area contributed by atoms with Crippen LogP contribution in [0, 0.1) is 0 Å². The summed E-state index contributed by atoms with van der Waals surface area (Å²) in [5.41, 5.74) is 0. The Labute approximate surface area is 78.5 Å². The molecule has 1 N–H and O–H groups in total. The Hall–Kier alpha value is -0.760. The average Bonchev–Trinajstić information content (AvgIpc) is 2.09. The molecular formula is C8H13O4P. The predicted octanol–water partition coefficient (Wildman–Crippen LogP) is 1.88. The summed E-state index contributed by atoms with van der Waals surface area (Å²) in [5.74, 6) is -0.962. The first-order chi connectivity index (χ1) is 6.16. The van der Waals surface area contributed by atoms with Gasteiger partial charge in [-0.05, 0) is 12.8 Å². The predicted molar refractivity (Wildman–Crippen MR) is 48.2 cm³/mol. The fourth-order valence-corrected chi connectivity index (χ4v) is 1.22. The summed E-state index contributed by atoms with van der Waals surface area (Å²) in [6.07, 6.45) is 2.47. The summed E-state index contributed by atoms with van der Waals surface area (Å²) < 4.78 is 10.00. The molecule has 0 aliphatic heterocycles. The lowest BCUT2D eigenvalue weighted by atomic mass is 10.1. The number of unbranched alkanes of at least 4 members (excludes halogenated alkanes) is 1.